The molecule has 0 aliphatic heterocycles. The van der Waals surface area contributed by atoms with Crippen LogP contribution in [0.5, 0.6) is 0 Å². The summed E-state index contributed by atoms with van der Waals surface area (Å²) in [6.07, 6.45) is 81.2. The van der Waals surface area contributed by atoms with E-state index in [2.05, 4.69) is 69.4 Å². The SMILES string of the molecule is CCCCC/C=C\C/C=C\C/C=C\CCCCCCCCC(=O)OC(COC(=O)CCCCCCCCCCC/C=C\CCCCCCCC)COC(=O)CCCCCCCCCCCCCCCCCCCCCC. The first-order valence-electron chi connectivity index (χ1n) is 33.6. The summed E-state index contributed by atoms with van der Waals surface area (Å²) >= 11 is 0. The molecule has 1 unspecified atom stereocenters. The number of hydrogen-bond donors (Lipinski definition) is 0. The van der Waals surface area contributed by atoms with Gasteiger partial charge in [0.1, 0.15) is 13.2 Å². The Morgan fingerprint density at radius 1 is 0.263 bits per heavy atom. The van der Waals surface area contributed by atoms with Gasteiger partial charge in [0.05, 0.1) is 0 Å². The third-order valence-corrected chi connectivity index (χ3v) is 15.1. The van der Waals surface area contributed by atoms with Crippen LogP contribution in [0.4, 0.5) is 0 Å². The molecular weight excluding hydrogens is 937 g/mol. The Bertz CT molecular complexity index is 1310. The first-order valence-corrected chi connectivity index (χ1v) is 33.6. The molecule has 0 aromatic carbocycles. The topological polar surface area (TPSA) is 78.9 Å². The Hall–Kier alpha value is -2.63. The van der Waals surface area contributed by atoms with Crippen molar-refractivity contribution in [2.75, 3.05) is 13.2 Å². The van der Waals surface area contributed by atoms with Gasteiger partial charge in [0, 0.05) is 19.3 Å². The van der Waals surface area contributed by atoms with Crippen LogP contribution in [0.1, 0.15) is 361 Å². The summed E-state index contributed by atoms with van der Waals surface area (Å²) in [7, 11) is 0. The summed E-state index contributed by atoms with van der Waals surface area (Å²) in [5, 5.41) is 0. The maximum Gasteiger partial charge on any atom is 0.306 e. The van der Waals surface area contributed by atoms with Gasteiger partial charge in [0.25, 0.3) is 0 Å². The molecule has 0 aliphatic rings. The molecule has 0 saturated carbocycles. The molecule has 0 radical (unpaired) electrons. The Labute approximate surface area is 473 Å². The zero-order valence-corrected chi connectivity index (χ0v) is 51.0. The zero-order valence-electron chi connectivity index (χ0n) is 51.0. The van der Waals surface area contributed by atoms with Gasteiger partial charge >= 0.3 is 17.9 Å². The molecule has 0 heterocycles. The summed E-state index contributed by atoms with van der Waals surface area (Å²) in [5.41, 5.74) is 0. The summed E-state index contributed by atoms with van der Waals surface area (Å²) < 4.78 is 17.0. The highest BCUT2D eigenvalue weighted by Gasteiger charge is 2.19. The molecular formula is C70H128O6. The van der Waals surface area contributed by atoms with Crippen molar-refractivity contribution in [2.24, 2.45) is 0 Å². The van der Waals surface area contributed by atoms with Crippen LogP contribution in [0.15, 0.2) is 48.6 Å². The second-order valence-electron chi connectivity index (χ2n) is 22.7. The van der Waals surface area contributed by atoms with Crippen LogP contribution in [-0.4, -0.2) is 37.2 Å². The molecule has 444 valence electrons. The van der Waals surface area contributed by atoms with E-state index < -0.39 is 6.10 Å². The predicted molar refractivity (Wildman–Crippen MR) is 330 cm³/mol. The van der Waals surface area contributed by atoms with Crippen molar-refractivity contribution >= 4 is 17.9 Å². The van der Waals surface area contributed by atoms with E-state index in [1.807, 2.05) is 0 Å². The van der Waals surface area contributed by atoms with E-state index in [1.165, 1.54) is 244 Å². The Morgan fingerprint density at radius 3 is 0.776 bits per heavy atom. The first kappa shape index (κ1) is 73.4. The Kier molecular flexibility index (Phi) is 62.6. The summed E-state index contributed by atoms with van der Waals surface area (Å²) in [5.74, 6) is -0.865. The smallest absolute Gasteiger partial charge is 0.306 e. The maximum absolute atomic E-state index is 12.9. The Balaban J connectivity index is 4.36. The van der Waals surface area contributed by atoms with Gasteiger partial charge in [0.15, 0.2) is 6.10 Å². The lowest BCUT2D eigenvalue weighted by Gasteiger charge is -2.18. The van der Waals surface area contributed by atoms with Crippen LogP contribution in [0.25, 0.3) is 0 Å². The van der Waals surface area contributed by atoms with E-state index in [9.17, 15) is 14.4 Å². The third kappa shape index (κ3) is 62.2. The van der Waals surface area contributed by atoms with Crippen molar-refractivity contribution in [3.63, 3.8) is 0 Å². The lowest BCUT2D eigenvalue weighted by atomic mass is 10.0. The van der Waals surface area contributed by atoms with Gasteiger partial charge in [-0.05, 0) is 83.5 Å². The van der Waals surface area contributed by atoms with Crippen molar-refractivity contribution in [1.82, 2.24) is 0 Å². The van der Waals surface area contributed by atoms with Crippen molar-refractivity contribution in [3.8, 4) is 0 Å². The lowest BCUT2D eigenvalue weighted by molar-refractivity contribution is -0.167. The van der Waals surface area contributed by atoms with Gasteiger partial charge in [-0.2, -0.15) is 0 Å². The van der Waals surface area contributed by atoms with E-state index >= 15 is 0 Å². The second kappa shape index (κ2) is 64.9. The fourth-order valence-electron chi connectivity index (χ4n) is 9.98. The van der Waals surface area contributed by atoms with E-state index in [4.69, 9.17) is 14.2 Å². The molecule has 76 heavy (non-hydrogen) atoms. The lowest BCUT2D eigenvalue weighted by Crippen LogP contribution is -2.30. The number of allylic oxidation sites excluding steroid dienone is 8. The molecule has 0 bridgehead atoms. The number of ether oxygens (including phenoxy) is 3. The van der Waals surface area contributed by atoms with Gasteiger partial charge in [-0.3, -0.25) is 14.4 Å². The van der Waals surface area contributed by atoms with Gasteiger partial charge in [-0.15, -0.1) is 0 Å². The molecule has 0 rings (SSSR count). The van der Waals surface area contributed by atoms with Crippen molar-refractivity contribution < 1.29 is 28.6 Å². The number of rotatable bonds is 62. The molecule has 0 aromatic rings. The van der Waals surface area contributed by atoms with Crippen LogP contribution in [0.2, 0.25) is 0 Å². The van der Waals surface area contributed by atoms with Crippen LogP contribution in [0.3, 0.4) is 0 Å². The molecule has 0 saturated heterocycles. The molecule has 0 N–H and O–H groups in total. The maximum atomic E-state index is 12.9. The van der Waals surface area contributed by atoms with Crippen molar-refractivity contribution in [2.45, 2.75) is 367 Å². The molecule has 0 spiro atoms. The van der Waals surface area contributed by atoms with E-state index in [0.29, 0.717) is 19.3 Å². The highest BCUT2D eigenvalue weighted by atomic mass is 16.6. The van der Waals surface area contributed by atoms with E-state index in [0.717, 1.165) is 77.0 Å². The highest BCUT2D eigenvalue weighted by molar-refractivity contribution is 5.71. The monoisotopic (exact) mass is 1060 g/mol. The predicted octanol–water partition coefficient (Wildman–Crippen LogP) is 22.9. The largest absolute Gasteiger partial charge is 0.462 e. The summed E-state index contributed by atoms with van der Waals surface area (Å²) in [6.45, 7) is 6.66. The van der Waals surface area contributed by atoms with Crippen molar-refractivity contribution in [3.05, 3.63) is 48.6 Å². The zero-order chi connectivity index (χ0) is 55.0. The minimum Gasteiger partial charge on any atom is -0.462 e. The minimum atomic E-state index is -0.780. The van der Waals surface area contributed by atoms with Gasteiger partial charge in [-0.25, -0.2) is 0 Å². The highest BCUT2D eigenvalue weighted by Crippen LogP contribution is 2.18. The quantitative estimate of drug-likeness (QED) is 0.0261. The number of hydrogen-bond acceptors (Lipinski definition) is 6. The average molecular weight is 1070 g/mol. The molecule has 6 heteroatoms. The summed E-state index contributed by atoms with van der Waals surface area (Å²) in [4.78, 5) is 38.4. The third-order valence-electron chi connectivity index (χ3n) is 15.1. The average Bonchev–Trinajstić information content (AvgIpc) is 3.42. The van der Waals surface area contributed by atoms with Crippen LogP contribution < -0.4 is 0 Å². The molecule has 6 nitrogen and oxygen atoms in total. The van der Waals surface area contributed by atoms with Crippen LogP contribution in [0, 0.1) is 0 Å². The molecule has 0 aromatic heterocycles. The first-order chi connectivity index (χ1) is 37.5. The molecule has 0 aliphatic carbocycles. The number of unbranched alkanes of at least 4 members (excludes halogenated alkanes) is 43. The molecule has 1 atom stereocenters. The normalized spacial score (nSPS) is 12.3. The molecule has 0 amide bonds. The van der Waals surface area contributed by atoms with E-state index in [1.54, 1.807) is 0 Å². The fourth-order valence-corrected chi connectivity index (χ4v) is 9.98. The molecule has 0 fully saturated rings. The number of carbonyl (C=O) groups is 3. The Morgan fingerprint density at radius 2 is 0.474 bits per heavy atom. The number of carbonyl (C=O) groups excluding carboxylic acids is 3. The fraction of sp³-hybridized carbons (Fsp3) is 0.843. The van der Waals surface area contributed by atoms with Gasteiger partial charge < -0.3 is 14.2 Å². The van der Waals surface area contributed by atoms with Gasteiger partial charge in [-0.1, -0.05) is 307 Å². The second-order valence-corrected chi connectivity index (χ2v) is 22.7. The number of esters is 3. The van der Waals surface area contributed by atoms with Crippen LogP contribution in [-0.2, 0) is 28.6 Å². The van der Waals surface area contributed by atoms with E-state index in [-0.39, 0.29) is 31.1 Å². The van der Waals surface area contributed by atoms with Gasteiger partial charge in [0.2, 0.25) is 0 Å². The van der Waals surface area contributed by atoms with Crippen LogP contribution >= 0.6 is 0 Å². The minimum absolute atomic E-state index is 0.0751. The van der Waals surface area contributed by atoms with Crippen molar-refractivity contribution in [1.29, 1.82) is 0 Å². The summed E-state index contributed by atoms with van der Waals surface area (Å²) in [6, 6.07) is 0. The standard InChI is InChI=1S/C70H128O6/c1-4-7-10-13-16-19-22-25-28-31-34-37-39-42-45-48-51-54-57-60-63-69(72)75-66-67(76-70(73)64-61-58-55-52-49-46-43-40-36-33-30-27-24-21-18-15-12-9-6-3)65-74-68(71)62-59-56-53-50-47-44-41-38-35-32-29-26-23-20-17-14-11-8-5-2/h18,21,26-27,29-30,36,40,67H,4-17,19-20,22-25,28,31-35,37-39,41-66H2,1-3H3/b21-18-,29-26-,30-27-,40-36-.